The van der Waals surface area contributed by atoms with Crippen LogP contribution in [0.25, 0.3) is 11.3 Å². The summed E-state index contributed by atoms with van der Waals surface area (Å²) in [7, 11) is 0. The molecule has 0 unspecified atom stereocenters. The van der Waals surface area contributed by atoms with Crippen LogP contribution in [0.4, 0.5) is 5.69 Å². The van der Waals surface area contributed by atoms with E-state index in [0.29, 0.717) is 38.0 Å². The lowest BCUT2D eigenvalue weighted by Crippen LogP contribution is -2.60. The van der Waals surface area contributed by atoms with Crippen molar-refractivity contribution in [1.29, 1.82) is 0 Å². The van der Waals surface area contributed by atoms with Crippen LogP contribution in [0.3, 0.4) is 0 Å². The van der Waals surface area contributed by atoms with E-state index in [2.05, 4.69) is 32.7 Å². The van der Waals surface area contributed by atoms with E-state index in [0.717, 1.165) is 0 Å². The maximum Gasteiger partial charge on any atom is 0.325 e. The highest BCUT2D eigenvalue weighted by Crippen LogP contribution is 2.37. The van der Waals surface area contributed by atoms with Gasteiger partial charge in [0, 0.05) is 11.5 Å². The second-order valence-electron chi connectivity index (χ2n) is 5.91. The molecule has 1 amide bonds. The second kappa shape index (κ2) is 7.12. The topological polar surface area (TPSA) is 83.1 Å². The number of nitrogens with zero attached hydrogens (tertiary/aromatic N) is 3. The summed E-state index contributed by atoms with van der Waals surface area (Å²) in [6, 6.07) is 11.0. The van der Waals surface area contributed by atoms with Crippen LogP contribution in [-0.2, 0) is 4.79 Å². The van der Waals surface area contributed by atoms with Gasteiger partial charge in [0.2, 0.25) is 11.1 Å². The zero-order valence-corrected chi connectivity index (χ0v) is 17.6. The van der Waals surface area contributed by atoms with Crippen LogP contribution in [0.15, 0.2) is 50.8 Å². The molecule has 7 nitrogen and oxygen atoms in total. The Balaban J connectivity index is 2.09. The highest BCUT2D eigenvalue weighted by Gasteiger charge is 2.46. The number of anilines is 1. The van der Waals surface area contributed by atoms with Crippen molar-refractivity contribution in [2.45, 2.75) is 24.7 Å². The number of amides is 1. The van der Waals surface area contributed by atoms with Crippen molar-refractivity contribution in [3.8, 4) is 11.3 Å². The third-order valence-corrected chi connectivity index (χ3v) is 5.52. The first kappa shape index (κ1) is 18.2. The quantitative estimate of drug-likeness (QED) is 0.343. The molecule has 2 aromatic heterocycles. The van der Waals surface area contributed by atoms with Crippen LogP contribution >= 0.6 is 34.4 Å². The molecule has 0 radical (unpaired) electrons. The van der Waals surface area contributed by atoms with Gasteiger partial charge in [0.1, 0.15) is 0 Å². The summed E-state index contributed by atoms with van der Waals surface area (Å²) in [6.45, 7) is 1.81. The number of hydrogen-bond donors (Lipinski definition) is 1. The minimum atomic E-state index is -0.668. The third kappa shape index (κ3) is 2.98. The summed E-state index contributed by atoms with van der Waals surface area (Å²) in [5, 5.41) is 5.06. The second-order valence-corrected chi connectivity index (χ2v) is 7.76. The number of fused-ring (bicyclic) bond motifs is 3. The van der Waals surface area contributed by atoms with E-state index >= 15 is 0 Å². The smallest absolute Gasteiger partial charge is 0.325 e. The Morgan fingerprint density at radius 3 is 2.81 bits per heavy atom. The highest BCUT2D eigenvalue weighted by molar-refractivity contribution is 14.1. The van der Waals surface area contributed by atoms with Crippen LogP contribution in [0, 0.1) is 3.77 Å². The fourth-order valence-corrected chi connectivity index (χ4v) is 4.03. The minimum Gasteiger partial charge on any atom is -0.446 e. The molecule has 3 aromatic rings. The van der Waals surface area contributed by atoms with Crippen molar-refractivity contribution in [3.63, 3.8) is 0 Å². The molecule has 4 rings (SSSR count). The number of H-pyrrole nitrogens is 1. The van der Waals surface area contributed by atoms with E-state index in [1.165, 1.54) is 11.8 Å². The van der Waals surface area contributed by atoms with Gasteiger partial charge in [-0.15, -0.1) is 0 Å². The van der Waals surface area contributed by atoms with Crippen molar-refractivity contribution in [1.82, 2.24) is 10.1 Å². The number of nitrogens with one attached hydrogen (secondary N) is 1. The summed E-state index contributed by atoms with van der Waals surface area (Å²) in [4.78, 5) is 30.3. The molecular formula is C18H16IN4O3S+. The van der Waals surface area contributed by atoms with Gasteiger partial charge in [0.15, 0.2) is 9.53 Å². The van der Waals surface area contributed by atoms with Crippen molar-refractivity contribution in [3.05, 3.63) is 56.3 Å². The standard InChI is InChI=1S/C18H15IN4O3S/c1-3-14(24)22-11-7-5-4-6-10(11)15-16(25)20-18(27-2)21-23(15)17(22)12-8-9-13(19)26-12/h4-9,17H,3H2,1-2H3/p+1/t17-/m1/s1. The molecule has 1 aromatic carbocycles. The van der Waals surface area contributed by atoms with Crippen LogP contribution < -0.4 is 15.1 Å². The maximum atomic E-state index is 12.9. The molecule has 0 saturated heterocycles. The fourth-order valence-electron chi connectivity index (χ4n) is 3.23. The number of halogens is 1. The van der Waals surface area contributed by atoms with E-state index in [4.69, 9.17) is 4.42 Å². The summed E-state index contributed by atoms with van der Waals surface area (Å²) in [5.41, 5.74) is 1.49. The van der Waals surface area contributed by atoms with Gasteiger partial charge < -0.3 is 4.42 Å². The Morgan fingerprint density at radius 2 is 2.15 bits per heavy atom. The fraction of sp³-hybridized carbons (Fsp3) is 0.222. The predicted octanol–water partition coefficient (Wildman–Crippen LogP) is 2.95. The summed E-state index contributed by atoms with van der Waals surface area (Å²) >= 11 is 3.41. The molecule has 0 bridgehead atoms. The molecule has 27 heavy (non-hydrogen) atoms. The Labute approximate surface area is 172 Å². The first-order valence-corrected chi connectivity index (χ1v) is 10.6. The van der Waals surface area contributed by atoms with Crippen molar-refractivity contribution >= 4 is 45.9 Å². The van der Waals surface area contributed by atoms with Gasteiger partial charge in [-0.3, -0.25) is 14.6 Å². The Kier molecular flexibility index (Phi) is 4.81. The summed E-state index contributed by atoms with van der Waals surface area (Å²) in [5.74, 6) is 0.469. The number of benzene rings is 1. The van der Waals surface area contributed by atoms with Gasteiger partial charge >= 0.3 is 17.4 Å². The molecule has 1 aliphatic heterocycles. The number of para-hydroxylation sites is 1. The zero-order chi connectivity index (χ0) is 19.1. The highest BCUT2D eigenvalue weighted by atomic mass is 127. The first-order chi connectivity index (χ1) is 13.0. The van der Waals surface area contributed by atoms with Crippen LogP contribution in [0.1, 0.15) is 25.3 Å². The van der Waals surface area contributed by atoms with Crippen LogP contribution in [0.2, 0.25) is 0 Å². The number of hydrogen-bond acceptors (Lipinski definition) is 5. The van der Waals surface area contributed by atoms with Crippen molar-refractivity contribution < 1.29 is 13.9 Å². The van der Waals surface area contributed by atoms with E-state index < -0.39 is 6.17 Å². The lowest BCUT2D eigenvalue weighted by Gasteiger charge is -2.30. The normalized spacial score (nSPS) is 15.4. The van der Waals surface area contributed by atoms with Gasteiger partial charge in [-0.2, -0.15) is 0 Å². The van der Waals surface area contributed by atoms with Crippen molar-refractivity contribution in [2.24, 2.45) is 0 Å². The van der Waals surface area contributed by atoms with Crippen LogP contribution in [-0.4, -0.2) is 22.2 Å². The minimum absolute atomic E-state index is 0.0789. The number of furan rings is 1. The SMILES string of the molecule is CCC(=O)N1c2ccccc2-c2c(=O)[nH]c(SC)n[n+]2[C@@H]1c1ccc(I)o1. The Hall–Kier alpha value is -2.14. The predicted molar refractivity (Wildman–Crippen MR) is 110 cm³/mol. The number of carbonyl (C=O) groups is 1. The van der Waals surface area contributed by atoms with Gasteiger partial charge in [-0.05, 0) is 57.8 Å². The molecule has 0 aliphatic carbocycles. The lowest BCUT2D eigenvalue weighted by molar-refractivity contribution is -0.764. The zero-order valence-electron chi connectivity index (χ0n) is 14.6. The molecule has 0 saturated carbocycles. The maximum absolute atomic E-state index is 12.9. The third-order valence-electron chi connectivity index (χ3n) is 4.37. The van der Waals surface area contributed by atoms with E-state index in [9.17, 15) is 9.59 Å². The summed E-state index contributed by atoms with van der Waals surface area (Å²) in [6.07, 6.45) is 1.48. The van der Waals surface area contributed by atoms with Gasteiger partial charge in [0.25, 0.3) is 0 Å². The Bertz CT molecular complexity index is 1090. The van der Waals surface area contributed by atoms with Crippen LogP contribution in [0.5, 0.6) is 0 Å². The largest absolute Gasteiger partial charge is 0.446 e. The molecule has 0 fully saturated rings. The molecule has 3 heterocycles. The van der Waals surface area contributed by atoms with Gasteiger partial charge in [-0.1, -0.05) is 30.8 Å². The number of carbonyl (C=O) groups excluding carboxylic acids is 1. The molecule has 1 atom stereocenters. The number of aromatic nitrogens is 3. The molecular weight excluding hydrogens is 479 g/mol. The molecule has 138 valence electrons. The number of thioether (sulfide) groups is 1. The average Bonchev–Trinajstić information content (AvgIpc) is 3.11. The first-order valence-electron chi connectivity index (χ1n) is 8.32. The van der Waals surface area contributed by atoms with E-state index in [1.807, 2.05) is 49.6 Å². The van der Waals surface area contributed by atoms with Gasteiger partial charge in [0.05, 0.1) is 11.3 Å². The lowest BCUT2D eigenvalue weighted by atomic mass is 10.0. The molecule has 0 spiro atoms. The number of aromatic amines is 1. The number of rotatable bonds is 3. The average molecular weight is 495 g/mol. The van der Waals surface area contributed by atoms with Crippen molar-refractivity contribution in [2.75, 3.05) is 11.2 Å². The van der Waals surface area contributed by atoms with Gasteiger partial charge in [-0.25, -0.2) is 4.90 Å². The Morgan fingerprint density at radius 1 is 1.37 bits per heavy atom. The van der Waals surface area contributed by atoms with E-state index in [-0.39, 0.29) is 11.5 Å². The molecule has 1 aliphatic rings. The monoisotopic (exact) mass is 495 g/mol. The molecule has 1 N–H and O–H groups in total. The molecule has 9 heteroatoms. The summed E-state index contributed by atoms with van der Waals surface area (Å²) < 4.78 is 8.14. The van der Waals surface area contributed by atoms with E-state index in [1.54, 1.807) is 9.58 Å².